The van der Waals surface area contributed by atoms with Crippen LogP contribution in [0.2, 0.25) is 0 Å². The molecule has 1 unspecified atom stereocenters. The van der Waals surface area contributed by atoms with Crippen LogP contribution in [-0.4, -0.2) is 22.1 Å². The van der Waals surface area contributed by atoms with Crippen molar-refractivity contribution in [2.24, 2.45) is 5.73 Å². The van der Waals surface area contributed by atoms with Crippen LogP contribution in [0.4, 0.5) is 5.13 Å². The van der Waals surface area contributed by atoms with Crippen LogP contribution >= 0.6 is 11.3 Å². The summed E-state index contributed by atoms with van der Waals surface area (Å²) in [6, 6.07) is 17.1. The summed E-state index contributed by atoms with van der Waals surface area (Å²) in [6.07, 6.45) is 0.482. The summed E-state index contributed by atoms with van der Waals surface area (Å²) in [5.41, 5.74) is 9.14. The molecule has 0 saturated heterocycles. The lowest BCUT2D eigenvalue weighted by molar-refractivity contribution is -0.117. The predicted octanol–water partition coefficient (Wildman–Crippen LogP) is 3.02. The van der Waals surface area contributed by atoms with Crippen molar-refractivity contribution in [2.45, 2.75) is 19.4 Å². The average molecular weight is 338 g/mol. The molecule has 6 heteroatoms. The van der Waals surface area contributed by atoms with Gasteiger partial charge in [-0.25, -0.2) is 0 Å². The smallest absolute Gasteiger partial charge is 0.243 e. The Bertz CT molecular complexity index is 832. The fraction of sp³-hybridized carbons (Fsp3) is 0.167. The van der Waals surface area contributed by atoms with Gasteiger partial charge in [0.05, 0.1) is 6.04 Å². The Morgan fingerprint density at radius 2 is 1.96 bits per heavy atom. The molecule has 0 aliphatic rings. The van der Waals surface area contributed by atoms with Crippen molar-refractivity contribution in [3.05, 3.63) is 65.7 Å². The third-order valence-electron chi connectivity index (χ3n) is 3.56. The molecule has 3 aromatic rings. The molecule has 1 aromatic heterocycles. The molecule has 2 aromatic carbocycles. The minimum Gasteiger partial charge on any atom is -0.320 e. The molecular weight excluding hydrogens is 320 g/mol. The molecule has 0 fully saturated rings. The monoisotopic (exact) mass is 338 g/mol. The number of nitrogens with two attached hydrogens (primary N) is 1. The van der Waals surface area contributed by atoms with Crippen LogP contribution in [0.15, 0.2) is 54.6 Å². The zero-order chi connectivity index (χ0) is 16.9. The van der Waals surface area contributed by atoms with E-state index in [2.05, 4.69) is 15.5 Å². The van der Waals surface area contributed by atoms with E-state index in [4.69, 9.17) is 5.73 Å². The highest BCUT2D eigenvalue weighted by Crippen LogP contribution is 2.26. The van der Waals surface area contributed by atoms with Gasteiger partial charge in [0.25, 0.3) is 0 Å². The van der Waals surface area contributed by atoms with Gasteiger partial charge >= 0.3 is 0 Å². The van der Waals surface area contributed by atoms with Crippen molar-refractivity contribution in [2.75, 3.05) is 5.32 Å². The van der Waals surface area contributed by atoms with E-state index in [1.54, 1.807) is 0 Å². The van der Waals surface area contributed by atoms with Crippen LogP contribution in [0.1, 0.15) is 11.1 Å². The largest absolute Gasteiger partial charge is 0.320 e. The summed E-state index contributed by atoms with van der Waals surface area (Å²) < 4.78 is 0. The first-order chi connectivity index (χ1) is 11.6. The molecule has 0 aliphatic carbocycles. The van der Waals surface area contributed by atoms with Crippen molar-refractivity contribution in [3.8, 4) is 10.6 Å². The number of anilines is 1. The topological polar surface area (TPSA) is 80.9 Å². The normalized spacial score (nSPS) is 11.9. The zero-order valence-corrected chi connectivity index (χ0v) is 14.1. The zero-order valence-electron chi connectivity index (χ0n) is 13.3. The van der Waals surface area contributed by atoms with Crippen LogP contribution < -0.4 is 11.1 Å². The van der Waals surface area contributed by atoms with Crippen LogP contribution in [0.25, 0.3) is 10.6 Å². The Hall–Kier alpha value is -2.57. The van der Waals surface area contributed by atoms with Crippen molar-refractivity contribution in [1.82, 2.24) is 10.2 Å². The summed E-state index contributed by atoms with van der Waals surface area (Å²) >= 11 is 1.34. The Labute approximate surface area is 144 Å². The molecule has 3 rings (SSSR count). The predicted molar refractivity (Wildman–Crippen MR) is 96.8 cm³/mol. The maximum atomic E-state index is 12.2. The van der Waals surface area contributed by atoms with Gasteiger partial charge in [0.15, 0.2) is 0 Å². The Kier molecular flexibility index (Phi) is 4.98. The molecular formula is C18H18N4OS. The first kappa shape index (κ1) is 16.3. The van der Waals surface area contributed by atoms with Gasteiger partial charge < -0.3 is 5.73 Å². The van der Waals surface area contributed by atoms with Crippen LogP contribution in [-0.2, 0) is 11.2 Å². The number of rotatable bonds is 5. The number of aryl methyl sites for hydroxylation is 1. The van der Waals surface area contributed by atoms with Crippen molar-refractivity contribution >= 4 is 22.4 Å². The van der Waals surface area contributed by atoms with E-state index >= 15 is 0 Å². The highest BCUT2D eigenvalue weighted by atomic mass is 32.1. The minimum absolute atomic E-state index is 0.259. The lowest BCUT2D eigenvalue weighted by Crippen LogP contribution is -2.37. The summed E-state index contributed by atoms with van der Waals surface area (Å²) in [5.74, 6) is -0.259. The van der Waals surface area contributed by atoms with Gasteiger partial charge in [-0.1, -0.05) is 65.4 Å². The molecule has 5 nitrogen and oxygen atoms in total. The lowest BCUT2D eigenvalue weighted by atomic mass is 10.1. The molecule has 0 aliphatic heterocycles. The van der Waals surface area contributed by atoms with Crippen molar-refractivity contribution in [1.29, 1.82) is 0 Å². The van der Waals surface area contributed by atoms with Gasteiger partial charge in [0, 0.05) is 5.56 Å². The second-order valence-corrected chi connectivity index (χ2v) is 6.54. The van der Waals surface area contributed by atoms with E-state index in [-0.39, 0.29) is 5.91 Å². The van der Waals surface area contributed by atoms with E-state index in [1.165, 1.54) is 11.3 Å². The van der Waals surface area contributed by atoms with Crippen LogP contribution in [0.3, 0.4) is 0 Å². The molecule has 1 atom stereocenters. The van der Waals surface area contributed by atoms with Crippen molar-refractivity contribution in [3.63, 3.8) is 0 Å². The summed E-state index contributed by atoms with van der Waals surface area (Å²) in [6.45, 7) is 2.02. The van der Waals surface area contributed by atoms with Gasteiger partial charge in [-0.05, 0) is 25.0 Å². The highest BCUT2D eigenvalue weighted by molar-refractivity contribution is 7.18. The number of carbonyl (C=O) groups is 1. The molecule has 0 spiro atoms. The first-order valence-electron chi connectivity index (χ1n) is 7.63. The number of benzene rings is 2. The number of carbonyl (C=O) groups excluding carboxylic acids is 1. The number of nitrogens with zero attached hydrogens (tertiary/aromatic N) is 2. The van der Waals surface area contributed by atoms with Crippen molar-refractivity contribution < 1.29 is 4.79 Å². The van der Waals surface area contributed by atoms with Crippen LogP contribution in [0.5, 0.6) is 0 Å². The second kappa shape index (κ2) is 7.33. The summed E-state index contributed by atoms with van der Waals surface area (Å²) in [7, 11) is 0. The number of hydrogen-bond acceptors (Lipinski definition) is 5. The fourth-order valence-corrected chi connectivity index (χ4v) is 3.07. The molecule has 0 saturated carbocycles. The van der Waals surface area contributed by atoms with Gasteiger partial charge in [0.1, 0.15) is 5.01 Å². The highest BCUT2D eigenvalue weighted by Gasteiger charge is 2.16. The maximum Gasteiger partial charge on any atom is 0.243 e. The summed E-state index contributed by atoms with van der Waals surface area (Å²) in [4.78, 5) is 12.2. The van der Waals surface area contributed by atoms with Gasteiger partial charge in [0.2, 0.25) is 11.0 Å². The minimum atomic E-state index is -0.626. The fourth-order valence-electron chi connectivity index (χ4n) is 2.33. The standard InChI is InChI=1S/C18H18N4OS/c1-12-6-5-9-14(10-12)17-21-22-18(24-17)20-16(23)15(19)11-13-7-3-2-4-8-13/h2-10,15H,11,19H2,1H3,(H,20,22,23). The lowest BCUT2D eigenvalue weighted by Gasteiger charge is -2.10. The molecule has 24 heavy (non-hydrogen) atoms. The maximum absolute atomic E-state index is 12.2. The van der Waals surface area contributed by atoms with E-state index in [0.717, 1.165) is 21.7 Å². The molecule has 1 heterocycles. The molecule has 122 valence electrons. The Balaban J connectivity index is 1.65. The molecule has 3 N–H and O–H groups in total. The van der Waals surface area contributed by atoms with E-state index in [1.807, 2.05) is 61.5 Å². The third kappa shape index (κ3) is 4.04. The number of aromatic nitrogens is 2. The number of nitrogens with one attached hydrogen (secondary N) is 1. The second-order valence-electron chi connectivity index (χ2n) is 5.57. The first-order valence-corrected chi connectivity index (χ1v) is 8.44. The van der Waals surface area contributed by atoms with Gasteiger partial charge in [-0.2, -0.15) is 0 Å². The van der Waals surface area contributed by atoms with E-state index < -0.39 is 6.04 Å². The van der Waals surface area contributed by atoms with E-state index in [0.29, 0.717) is 11.6 Å². The van der Waals surface area contributed by atoms with Crippen LogP contribution in [0, 0.1) is 6.92 Å². The van der Waals surface area contributed by atoms with Gasteiger partial charge in [-0.15, -0.1) is 10.2 Å². The number of hydrogen-bond donors (Lipinski definition) is 2. The Morgan fingerprint density at radius 3 is 2.71 bits per heavy atom. The SMILES string of the molecule is Cc1cccc(-c2nnc(NC(=O)C(N)Cc3ccccc3)s2)c1. The molecule has 1 amide bonds. The molecule has 0 radical (unpaired) electrons. The Morgan fingerprint density at radius 1 is 1.17 bits per heavy atom. The number of amides is 1. The average Bonchev–Trinajstić information content (AvgIpc) is 3.04. The van der Waals surface area contributed by atoms with E-state index in [9.17, 15) is 4.79 Å². The van der Waals surface area contributed by atoms with Gasteiger partial charge in [-0.3, -0.25) is 10.1 Å². The third-order valence-corrected chi connectivity index (χ3v) is 4.44. The quantitative estimate of drug-likeness (QED) is 0.749. The molecule has 0 bridgehead atoms. The summed E-state index contributed by atoms with van der Waals surface area (Å²) in [5, 5.41) is 12.1.